The van der Waals surface area contributed by atoms with Gasteiger partial charge >= 0.3 is 11.9 Å². The molecule has 0 aromatic heterocycles. The minimum absolute atomic E-state index is 0.131. The summed E-state index contributed by atoms with van der Waals surface area (Å²) in [5.41, 5.74) is -1.47. The minimum atomic E-state index is -2.21. The summed E-state index contributed by atoms with van der Waals surface area (Å²) < 4.78 is 26.1. The molecule has 0 spiro atoms. The number of hydrogen-bond donors (Lipinski definition) is 1. The maximum absolute atomic E-state index is 15.3. The van der Waals surface area contributed by atoms with Crippen molar-refractivity contribution in [1.82, 2.24) is 0 Å². The first-order chi connectivity index (χ1) is 14.3. The summed E-state index contributed by atoms with van der Waals surface area (Å²) in [5.74, 6) is -4.75. The van der Waals surface area contributed by atoms with Gasteiger partial charge in [0, 0.05) is 11.8 Å². The van der Waals surface area contributed by atoms with Gasteiger partial charge in [0.2, 0.25) is 5.67 Å². The molecule has 1 aromatic carbocycles. The number of benzene rings is 1. The number of rotatable bonds is 11. The molecular formula is C22H27Cl2FO5. The van der Waals surface area contributed by atoms with Crippen molar-refractivity contribution in [3.8, 4) is 0 Å². The molecule has 5 atom stereocenters. The monoisotopic (exact) mass is 460 g/mol. The van der Waals surface area contributed by atoms with Crippen LogP contribution in [-0.4, -0.2) is 35.4 Å². The van der Waals surface area contributed by atoms with Crippen molar-refractivity contribution in [3.05, 3.63) is 33.8 Å². The molecule has 0 amide bonds. The number of carboxylic acids is 1. The molecule has 0 radical (unpaired) electrons. The van der Waals surface area contributed by atoms with Crippen molar-refractivity contribution in [2.45, 2.75) is 63.8 Å². The van der Waals surface area contributed by atoms with Gasteiger partial charge in [-0.1, -0.05) is 61.9 Å². The first-order valence-corrected chi connectivity index (χ1v) is 11.2. The van der Waals surface area contributed by atoms with E-state index in [2.05, 4.69) is 6.92 Å². The fourth-order valence-corrected chi connectivity index (χ4v) is 4.82. The second-order valence-electron chi connectivity index (χ2n) is 8.15. The van der Waals surface area contributed by atoms with Crippen LogP contribution >= 0.6 is 23.2 Å². The predicted molar refractivity (Wildman–Crippen MR) is 111 cm³/mol. The normalized spacial score (nSPS) is 29.5. The van der Waals surface area contributed by atoms with E-state index in [0.29, 0.717) is 16.5 Å². The Balaban J connectivity index is 1.53. The summed E-state index contributed by atoms with van der Waals surface area (Å²) in [6, 6.07) is 5.01. The van der Waals surface area contributed by atoms with Gasteiger partial charge in [-0.05, 0) is 30.5 Å². The molecule has 30 heavy (non-hydrogen) atoms. The van der Waals surface area contributed by atoms with Crippen LogP contribution in [0.5, 0.6) is 0 Å². The Bertz CT molecular complexity index is 789. The molecule has 0 bridgehead atoms. The number of hydrogen-bond acceptors (Lipinski definition) is 4. The molecular weight excluding hydrogens is 434 g/mol. The molecule has 166 valence electrons. The van der Waals surface area contributed by atoms with Crippen molar-refractivity contribution in [3.63, 3.8) is 0 Å². The standard InChI is InChI=1S/C22H27Cl2FO5/c1-2-3-4-5-6-9-29-21(28)22(25)14-11-17(18(19(14)22)20(26)27)30-12-13-7-8-15(23)16(24)10-13/h7-8,10,14,17-19H,2-6,9,11-12H2,1H3,(H,26,27). The Morgan fingerprint density at radius 2 is 1.93 bits per heavy atom. The van der Waals surface area contributed by atoms with Crippen molar-refractivity contribution < 1.29 is 28.6 Å². The van der Waals surface area contributed by atoms with E-state index >= 15 is 4.39 Å². The lowest BCUT2D eigenvalue weighted by molar-refractivity contribution is -0.158. The molecule has 2 saturated carbocycles. The van der Waals surface area contributed by atoms with Crippen LogP contribution in [-0.2, 0) is 25.7 Å². The van der Waals surface area contributed by atoms with Crippen molar-refractivity contribution in [1.29, 1.82) is 0 Å². The largest absolute Gasteiger partial charge is 0.481 e. The molecule has 5 unspecified atom stereocenters. The summed E-state index contributed by atoms with van der Waals surface area (Å²) in [4.78, 5) is 24.1. The Kier molecular flexibility index (Phi) is 7.64. The maximum Gasteiger partial charge on any atom is 0.344 e. The Hall–Kier alpha value is -1.37. The Morgan fingerprint density at radius 3 is 2.60 bits per heavy atom. The van der Waals surface area contributed by atoms with Crippen LogP contribution in [0.3, 0.4) is 0 Å². The van der Waals surface area contributed by atoms with Crippen molar-refractivity contribution in [2.24, 2.45) is 17.8 Å². The van der Waals surface area contributed by atoms with E-state index < -0.39 is 41.5 Å². The number of carboxylic acid groups (broad SMARTS) is 1. The average Bonchev–Trinajstić information content (AvgIpc) is 3.09. The quantitative estimate of drug-likeness (QED) is 0.351. The topological polar surface area (TPSA) is 72.8 Å². The minimum Gasteiger partial charge on any atom is -0.481 e. The fourth-order valence-electron chi connectivity index (χ4n) is 4.50. The van der Waals surface area contributed by atoms with E-state index in [1.54, 1.807) is 18.2 Å². The van der Waals surface area contributed by atoms with Crippen LogP contribution in [0.4, 0.5) is 4.39 Å². The Labute approximate surface area is 185 Å². The highest BCUT2D eigenvalue weighted by Gasteiger charge is 2.80. The average molecular weight is 461 g/mol. The van der Waals surface area contributed by atoms with Gasteiger partial charge in [-0.25, -0.2) is 9.18 Å². The molecule has 2 fully saturated rings. The van der Waals surface area contributed by atoms with E-state index in [1.165, 1.54) is 0 Å². The smallest absolute Gasteiger partial charge is 0.344 e. The zero-order chi connectivity index (χ0) is 21.9. The highest BCUT2D eigenvalue weighted by atomic mass is 35.5. The van der Waals surface area contributed by atoms with Gasteiger partial charge in [-0.3, -0.25) is 4.79 Å². The number of carbonyl (C=O) groups excluding carboxylic acids is 1. The van der Waals surface area contributed by atoms with Crippen LogP contribution in [0, 0.1) is 17.8 Å². The lowest BCUT2D eigenvalue weighted by Gasteiger charge is -2.23. The van der Waals surface area contributed by atoms with Gasteiger partial charge in [-0.2, -0.15) is 0 Å². The highest BCUT2D eigenvalue weighted by molar-refractivity contribution is 6.42. The second-order valence-corrected chi connectivity index (χ2v) is 8.96. The molecule has 1 aromatic rings. The molecule has 0 aliphatic heterocycles. The number of fused-ring (bicyclic) bond motifs is 1. The van der Waals surface area contributed by atoms with E-state index in [0.717, 1.165) is 31.2 Å². The maximum atomic E-state index is 15.3. The van der Waals surface area contributed by atoms with Crippen molar-refractivity contribution >= 4 is 35.1 Å². The third-order valence-electron chi connectivity index (χ3n) is 6.15. The molecule has 2 aliphatic rings. The first kappa shape index (κ1) is 23.3. The van der Waals surface area contributed by atoms with E-state index in [4.69, 9.17) is 32.7 Å². The molecule has 8 heteroatoms. The molecule has 0 saturated heterocycles. The van der Waals surface area contributed by atoms with Gasteiger partial charge in [0.1, 0.15) is 0 Å². The lowest BCUT2D eigenvalue weighted by atomic mass is 9.95. The highest BCUT2D eigenvalue weighted by Crippen LogP contribution is 2.66. The third kappa shape index (κ3) is 4.76. The Morgan fingerprint density at radius 1 is 1.20 bits per heavy atom. The van der Waals surface area contributed by atoms with Crippen molar-refractivity contribution in [2.75, 3.05) is 6.61 Å². The summed E-state index contributed by atoms with van der Waals surface area (Å²) in [7, 11) is 0. The van der Waals surface area contributed by atoms with Gasteiger partial charge in [0.15, 0.2) is 0 Å². The summed E-state index contributed by atoms with van der Waals surface area (Å²) >= 11 is 11.9. The molecule has 3 rings (SSSR count). The summed E-state index contributed by atoms with van der Waals surface area (Å²) in [6.07, 6.45) is 4.41. The van der Waals surface area contributed by atoms with Crippen LogP contribution in [0.1, 0.15) is 51.0 Å². The summed E-state index contributed by atoms with van der Waals surface area (Å²) in [5, 5.41) is 10.4. The zero-order valence-corrected chi connectivity index (χ0v) is 18.4. The van der Waals surface area contributed by atoms with E-state index in [9.17, 15) is 14.7 Å². The molecule has 2 aliphatic carbocycles. The molecule has 5 nitrogen and oxygen atoms in total. The number of aliphatic carboxylic acids is 1. The molecule has 0 heterocycles. The third-order valence-corrected chi connectivity index (χ3v) is 6.89. The second kappa shape index (κ2) is 9.84. The number of alkyl halides is 1. The fraction of sp³-hybridized carbons (Fsp3) is 0.636. The van der Waals surface area contributed by atoms with Crippen LogP contribution < -0.4 is 0 Å². The summed E-state index contributed by atoms with van der Waals surface area (Å²) in [6.45, 7) is 2.41. The predicted octanol–water partition coefficient (Wildman–Crippen LogP) is 5.45. The first-order valence-electron chi connectivity index (χ1n) is 10.4. The van der Waals surface area contributed by atoms with Gasteiger partial charge in [-0.15, -0.1) is 0 Å². The lowest BCUT2D eigenvalue weighted by Crippen LogP contribution is -2.37. The van der Waals surface area contributed by atoms with Gasteiger partial charge in [0.05, 0.1) is 35.3 Å². The number of ether oxygens (including phenoxy) is 2. The van der Waals surface area contributed by atoms with Gasteiger partial charge in [0.25, 0.3) is 0 Å². The number of halogens is 3. The number of esters is 1. The van der Waals surface area contributed by atoms with Crippen LogP contribution in [0.25, 0.3) is 0 Å². The van der Waals surface area contributed by atoms with Crippen LogP contribution in [0.15, 0.2) is 18.2 Å². The van der Waals surface area contributed by atoms with E-state index in [-0.39, 0.29) is 19.6 Å². The van der Waals surface area contributed by atoms with E-state index in [1.807, 2.05) is 0 Å². The number of unbranched alkanes of at least 4 members (excludes halogenated alkanes) is 4. The van der Waals surface area contributed by atoms with Crippen LogP contribution in [0.2, 0.25) is 10.0 Å². The zero-order valence-electron chi connectivity index (χ0n) is 16.9. The SMILES string of the molecule is CCCCCCCOC(=O)C1(F)C2CC(OCc3ccc(Cl)c(Cl)c3)C(C(=O)O)C21. The van der Waals surface area contributed by atoms with Gasteiger partial charge < -0.3 is 14.6 Å². The number of carbonyl (C=O) groups is 2. The molecule has 1 N–H and O–H groups in total.